The van der Waals surface area contributed by atoms with Crippen LogP contribution in [0.3, 0.4) is 0 Å². The smallest absolute Gasteiger partial charge is 0.259 e. The van der Waals surface area contributed by atoms with Gasteiger partial charge in [-0.25, -0.2) is 9.97 Å². The maximum Gasteiger partial charge on any atom is 0.259 e. The molecule has 0 bridgehead atoms. The van der Waals surface area contributed by atoms with Gasteiger partial charge in [0.2, 0.25) is 5.95 Å². The Balaban J connectivity index is 2.33. The van der Waals surface area contributed by atoms with E-state index in [0.29, 0.717) is 11.4 Å². The lowest BCUT2D eigenvalue weighted by Gasteiger charge is -2.08. The zero-order valence-corrected chi connectivity index (χ0v) is 12.5. The second-order valence-corrected chi connectivity index (χ2v) is 5.15. The highest BCUT2D eigenvalue weighted by atomic mass is 35.5. The van der Waals surface area contributed by atoms with Gasteiger partial charge in [0.1, 0.15) is 5.15 Å². The Morgan fingerprint density at radius 3 is 2.55 bits per heavy atom. The van der Waals surface area contributed by atoms with Crippen molar-refractivity contribution >= 4 is 52.3 Å². The van der Waals surface area contributed by atoms with Crippen molar-refractivity contribution in [1.82, 2.24) is 9.97 Å². The molecule has 0 unspecified atom stereocenters. The van der Waals surface area contributed by atoms with Gasteiger partial charge in [-0.3, -0.25) is 10.1 Å². The van der Waals surface area contributed by atoms with Crippen molar-refractivity contribution < 1.29 is 4.79 Å². The van der Waals surface area contributed by atoms with E-state index in [4.69, 9.17) is 40.5 Å². The largest absolute Gasteiger partial charge is 0.399 e. The highest BCUT2D eigenvalue weighted by Gasteiger charge is 2.15. The van der Waals surface area contributed by atoms with Crippen LogP contribution in [0.15, 0.2) is 18.2 Å². The first-order valence-electron chi connectivity index (χ1n) is 5.44. The van der Waals surface area contributed by atoms with Gasteiger partial charge in [0.25, 0.3) is 5.91 Å². The van der Waals surface area contributed by atoms with Gasteiger partial charge >= 0.3 is 0 Å². The molecule has 1 amide bonds. The molecule has 0 aliphatic carbocycles. The Morgan fingerprint density at radius 1 is 1.20 bits per heavy atom. The van der Waals surface area contributed by atoms with Crippen molar-refractivity contribution in [2.45, 2.75) is 6.92 Å². The Morgan fingerprint density at radius 2 is 1.90 bits per heavy atom. The van der Waals surface area contributed by atoms with E-state index in [-0.39, 0.29) is 26.7 Å². The number of carbonyl (C=O) groups is 1. The fourth-order valence-electron chi connectivity index (χ4n) is 1.53. The molecule has 2 rings (SSSR count). The number of carbonyl (C=O) groups excluding carboxylic acids is 1. The minimum Gasteiger partial charge on any atom is -0.399 e. The number of hydrogen-bond donors (Lipinski definition) is 2. The normalized spacial score (nSPS) is 10.4. The number of anilines is 2. The third kappa shape index (κ3) is 3.30. The molecule has 8 heteroatoms. The van der Waals surface area contributed by atoms with Crippen molar-refractivity contribution in [3.63, 3.8) is 0 Å². The summed E-state index contributed by atoms with van der Waals surface area (Å²) in [6.07, 6.45) is 0. The molecule has 0 atom stereocenters. The van der Waals surface area contributed by atoms with E-state index in [9.17, 15) is 4.79 Å². The molecule has 0 aliphatic rings. The van der Waals surface area contributed by atoms with Crippen LogP contribution in [-0.4, -0.2) is 15.9 Å². The zero-order chi connectivity index (χ0) is 14.9. The lowest BCUT2D eigenvalue weighted by molar-refractivity contribution is 0.102. The third-order valence-electron chi connectivity index (χ3n) is 2.34. The maximum atomic E-state index is 12.1. The van der Waals surface area contributed by atoms with E-state index in [1.807, 2.05) is 0 Å². The van der Waals surface area contributed by atoms with Gasteiger partial charge in [-0.1, -0.05) is 34.8 Å². The molecule has 2 aromatic rings. The van der Waals surface area contributed by atoms with E-state index in [1.54, 1.807) is 13.0 Å². The molecule has 0 saturated carbocycles. The van der Waals surface area contributed by atoms with Crippen LogP contribution in [-0.2, 0) is 0 Å². The monoisotopic (exact) mass is 330 g/mol. The van der Waals surface area contributed by atoms with Crippen molar-refractivity contribution in [3.8, 4) is 0 Å². The van der Waals surface area contributed by atoms with Crippen LogP contribution in [0.2, 0.25) is 15.2 Å². The predicted molar refractivity (Wildman–Crippen MR) is 80.6 cm³/mol. The van der Waals surface area contributed by atoms with Crippen LogP contribution < -0.4 is 11.1 Å². The quantitative estimate of drug-likeness (QED) is 0.651. The van der Waals surface area contributed by atoms with Crippen LogP contribution >= 0.6 is 34.8 Å². The molecule has 0 aliphatic heterocycles. The first-order valence-corrected chi connectivity index (χ1v) is 6.57. The number of nitrogens with zero attached hydrogens (tertiary/aromatic N) is 2. The van der Waals surface area contributed by atoms with Crippen molar-refractivity contribution in [2.24, 2.45) is 0 Å². The number of nitrogens with two attached hydrogens (primary N) is 1. The van der Waals surface area contributed by atoms with E-state index >= 15 is 0 Å². The van der Waals surface area contributed by atoms with E-state index in [0.717, 1.165) is 0 Å². The van der Waals surface area contributed by atoms with Crippen molar-refractivity contribution in [1.29, 1.82) is 0 Å². The lowest BCUT2D eigenvalue weighted by atomic mass is 10.2. The number of aryl methyl sites for hydroxylation is 1. The molecule has 0 fully saturated rings. The van der Waals surface area contributed by atoms with Gasteiger partial charge in [0.05, 0.1) is 15.6 Å². The summed E-state index contributed by atoms with van der Waals surface area (Å²) in [7, 11) is 0. The molecule has 3 N–H and O–H groups in total. The number of halogens is 3. The van der Waals surface area contributed by atoms with Gasteiger partial charge in [-0.05, 0) is 25.1 Å². The van der Waals surface area contributed by atoms with E-state index in [2.05, 4.69) is 15.3 Å². The summed E-state index contributed by atoms with van der Waals surface area (Å²) in [5, 5.41) is 3.02. The van der Waals surface area contributed by atoms with Crippen molar-refractivity contribution in [2.75, 3.05) is 11.1 Å². The standard InChI is InChI=1S/C12H9Cl3N4O/c1-5-2-9(14)18-12(17-5)19-11(20)7-3-6(16)4-8(13)10(7)15/h2-4H,16H2,1H3,(H,17,18,19,20). The molecule has 104 valence electrons. The predicted octanol–water partition coefficient (Wildman–Crippen LogP) is 3.58. The molecule has 0 spiro atoms. The number of aromatic nitrogens is 2. The van der Waals surface area contributed by atoms with Gasteiger partial charge in [0.15, 0.2) is 0 Å². The fourth-order valence-corrected chi connectivity index (χ4v) is 2.19. The number of nitrogens with one attached hydrogen (secondary N) is 1. The lowest BCUT2D eigenvalue weighted by Crippen LogP contribution is -2.15. The third-order valence-corrected chi connectivity index (χ3v) is 3.34. The van der Waals surface area contributed by atoms with Crippen LogP contribution in [0, 0.1) is 6.92 Å². The Bertz CT molecular complexity index is 670. The second-order valence-electron chi connectivity index (χ2n) is 3.97. The number of nitrogen functional groups attached to an aromatic ring is 1. The molecule has 5 nitrogen and oxygen atoms in total. The minimum absolute atomic E-state index is 0.0783. The Kier molecular flexibility index (Phi) is 4.32. The highest BCUT2D eigenvalue weighted by Crippen LogP contribution is 2.29. The van der Waals surface area contributed by atoms with Crippen LogP contribution in [0.5, 0.6) is 0 Å². The topological polar surface area (TPSA) is 80.9 Å². The first-order chi connectivity index (χ1) is 9.36. The van der Waals surface area contributed by atoms with Crippen LogP contribution in [0.25, 0.3) is 0 Å². The molecule has 0 saturated heterocycles. The highest BCUT2D eigenvalue weighted by molar-refractivity contribution is 6.44. The molecular weight excluding hydrogens is 323 g/mol. The summed E-state index contributed by atoms with van der Waals surface area (Å²) in [6.45, 7) is 1.73. The second kappa shape index (κ2) is 5.83. The molecule has 0 radical (unpaired) electrons. The summed E-state index contributed by atoms with van der Waals surface area (Å²) in [4.78, 5) is 20.1. The SMILES string of the molecule is Cc1cc(Cl)nc(NC(=O)c2cc(N)cc(Cl)c2Cl)n1. The summed E-state index contributed by atoms with van der Waals surface area (Å²) in [6, 6.07) is 4.45. The number of rotatable bonds is 2. The molecule has 20 heavy (non-hydrogen) atoms. The van der Waals surface area contributed by atoms with Gasteiger partial charge in [0, 0.05) is 11.4 Å². The Hall–Kier alpha value is -1.56. The number of hydrogen-bond acceptors (Lipinski definition) is 4. The maximum absolute atomic E-state index is 12.1. The van der Waals surface area contributed by atoms with Gasteiger partial charge in [-0.2, -0.15) is 0 Å². The first kappa shape index (κ1) is 14.8. The minimum atomic E-state index is -0.522. The summed E-state index contributed by atoms with van der Waals surface area (Å²) in [5.74, 6) is -0.444. The van der Waals surface area contributed by atoms with Crippen molar-refractivity contribution in [3.05, 3.63) is 44.7 Å². The average molecular weight is 332 g/mol. The van der Waals surface area contributed by atoms with Crippen LogP contribution in [0.1, 0.15) is 16.1 Å². The summed E-state index contributed by atoms with van der Waals surface area (Å²) in [5.41, 5.74) is 6.72. The van der Waals surface area contributed by atoms with E-state index < -0.39 is 5.91 Å². The molecule has 1 aromatic heterocycles. The molecular formula is C12H9Cl3N4O. The van der Waals surface area contributed by atoms with Gasteiger partial charge in [-0.15, -0.1) is 0 Å². The number of amides is 1. The molecule has 1 heterocycles. The fraction of sp³-hybridized carbons (Fsp3) is 0.0833. The number of benzene rings is 1. The summed E-state index contributed by atoms with van der Waals surface area (Å²) < 4.78 is 0. The Labute approximate surface area is 130 Å². The van der Waals surface area contributed by atoms with Gasteiger partial charge < -0.3 is 5.73 Å². The van der Waals surface area contributed by atoms with E-state index in [1.165, 1.54) is 12.1 Å². The average Bonchev–Trinajstić information content (AvgIpc) is 2.32. The molecule has 1 aromatic carbocycles. The zero-order valence-electron chi connectivity index (χ0n) is 10.2. The van der Waals surface area contributed by atoms with Crippen LogP contribution in [0.4, 0.5) is 11.6 Å². The summed E-state index contributed by atoms with van der Waals surface area (Å²) >= 11 is 17.6.